The third-order valence-corrected chi connectivity index (χ3v) is 4.60. The number of nitrogens with one attached hydrogen (secondary N) is 2. The number of amides is 2. The van der Waals surface area contributed by atoms with E-state index in [2.05, 4.69) is 15.4 Å². The molecule has 4 nitrogen and oxygen atoms in total. The third kappa shape index (κ3) is 5.15. The van der Waals surface area contributed by atoms with Crippen LogP contribution in [-0.2, 0) is 12.8 Å². The number of hydrogen-bond donors (Lipinski definition) is 2. The van der Waals surface area contributed by atoms with Gasteiger partial charge in [-0.25, -0.2) is 9.18 Å². The van der Waals surface area contributed by atoms with Gasteiger partial charge in [-0.2, -0.15) is 8.78 Å². The number of urea groups is 1. The Balaban J connectivity index is 1.55. The summed E-state index contributed by atoms with van der Waals surface area (Å²) in [6.45, 7) is -2.55. The van der Waals surface area contributed by atoms with Gasteiger partial charge in [0.2, 0.25) is 0 Å². The number of benzene rings is 2. The molecule has 0 spiro atoms. The van der Waals surface area contributed by atoms with E-state index in [-0.39, 0.29) is 23.6 Å². The van der Waals surface area contributed by atoms with Gasteiger partial charge in [0, 0.05) is 6.54 Å². The van der Waals surface area contributed by atoms with Crippen LogP contribution in [0.2, 0.25) is 0 Å². The van der Waals surface area contributed by atoms with Gasteiger partial charge in [0.25, 0.3) is 0 Å². The summed E-state index contributed by atoms with van der Waals surface area (Å²) in [5, 5.41) is 5.64. The quantitative estimate of drug-likeness (QED) is 0.785. The minimum atomic E-state index is -2.86. The molecule has 2 aromatic carbocycles. The lowest BCUT2D eigenvalue weighted by molar-refractivity contribution is -0.0499. The van der Waals surface area contributed by atoms with Crippen molar-refractivity contribution in [3.05, 3.63) is 65.0 Å². The molecule has 0 aromatic heterocycles. The lowest BCUT2D eigenvalue weighted by atomic mass is 9.87. The van der Waals surface area contributed by atoms with E-state index in [0.29, 0.717) is 18.5 Å². The molecule has 27 heavy (non-hydrogen) atoms. The van der Waals surface area contributed by atoms with Crippen molar-refractivity contribution < 1.29 is 22.7 Å². The first-order valence-electron chi connectivity index (χ1n) is 8.88. The first-order valence-corrected chi connectivity index (χ1v) is 8.88. The summed E-state index contributed by atoms with van der Waals surface area (Å²) < 4.78 is 42.7. The number of fused-ring (bicyclic) bond motifs is 1. The van der Waals surface area contributed by atoms with Gasteiger partial charge in [-0.15, -0.1) is 0 Å². The van der Waals surface area contributed by atoms with Gasteiger partial charge in [-0.1, -0.05) is 24.3 Å². The molecule has 0 heterocycles. The third-order valence-electron chi connectivity index (χ3n) is 4.60. The summed E-state index contributed by atoms with van der Waals surface area (Å²) in [5.74, 6) is -0.165. The molecule has 1 aliphatic carbocycles. The molecule has 2 amide bonds. The highest BCUT2D eigenvalue weighted by atomic mass is 19.3. The Labute approximate surface area is 155 Å². The van der Waals surface area contributed by atoms with Crippen molar-refractivity contribution in [2.75, 3.05) is 6.54 Å². The Bertz CT molecular complexity index is 799. The van der Waals surface area contributed by atoms with Crippen molar-refractivity contribution in [1.29, 1.82) is 0 Å². The minimum Gasteiger partial charge on any atom is -0.435 e. The maximum absolute atomic E-state index is 13.6. The average molecular weight is 378 g/mol. The Kier molecular flexibility index (Phi) is 6.21. The molecule has 0 fully saturated rings. The summed E-state index contributed by atoms with van der Waals surface area (Å²) in [7, 11) is 0. The summed E-state index contributed by atoms with van der Waals surface area (Å²) in [6.07, 6.45) is 2.76. The predicted octanol–water partition coefficient (Wildman–Crippen LogP) is 4.35. The standard InChI is InChI=1S/C20H21F3N2O2/c21-17-6-2-1-4-13(17)10-11-24-20(26)25-18-7-3-5-14-12-15(27-19(22)23)8-9-16(14)18/h1-2,4,6,8-9,12,18-19H,3,5,7,10-11H2,(H2,24,25,26). The van der Waals surface area contributed by atoms with E-state index < -0.39 is 6.61 Å². The zero-order valence-corrected chi connectivity index (χ0v) is 14.7. The summed E-state index contributed by atoms with van der Waals surface area (Å²) >= 11 is 0. The summed E-state index contributed by atoms with van der Waals surface area (Å²) in [4.78, 5) is 12.2. The van der Waals surface area contributed by atoms with Crippen LogP contribution in [-0.4, -0.2) is 19.2 Å². The summed E-state index contributed by atoms with van der Waals surface area (Å²) in [6, 6.07) is 10.7. The second kappa shape index (κ2) is 8.79. The van der Waals surface area contributed by atoms with Crippen molar-refractivity contribution in [3.63, 3.8) is 0 Å². The van der Waals surface area contributed by atoms with E-state index in [0.717, 1.165) is 30.4 Å². The molecule has 0 bridgehead atoms. The number of carbonyl (C=O) groups is 1. The van der Waals surface area contributed by atoms with E-state index in [1.807, 2.05) is 0 Å². The molecule has 3 rings (SSSR count). The lowest BCUT2D eigenvalue weighted by Gasteiger charge is -2.27. The van der Waals surface area contributed by atoms with Crippen LogP contribution in [0.15, 0.2) is 42.5 Å². The van der Waals surface area contributed by atoms with Crippen LogP contribution in [0.4, 0.5) is 18.0 Å². The van der Waals surface area contributed by atoms with Crippen molar-refractivity contribution in [3.8, 4) is 5.75 Å². The van der Waals surface area contributed by atoms with Crippen LogP contribution < -0.4 is 15.4 Å². The van der Waals surface area contributed by atoms with Crippen molar-refractivity contribution in [2.24, 2.45) is 0 Å². The molecule has 0 radical (unpaired) electrons. The van der Waals surface area contributed by atoms with Gasteiger partial charge < -0.3 is 15.4 Å². The fourth-order valence-corrected chi connectivity index (χ4v) is 3.34. The fraction of sp³-hybridized carbons (Fsp3) is 0.350. The molecule has 144 valence electrons. The number of hydrogen-bond acceptors (Lipinski definition) is 2. The molecule has 1 atom stereocenters. The molecule has 0 saturated heterocycles. The lowest BCUT2D eigenvalue weighted by Crippen LogP contribution is -2.40. The van der Waals surface area contributed by atoms with Gasteiger partial charge in [0.15, 0.2) is 0 Å². The van der Waals surface area contributed by atoms with Crippen LogP contribution in [0.3, 0.4) is 0 Å². The Hall–Kier alpha value is -2.70. The molecule has 2 N–H and O–H groups in total. The second-order valence-electron chi connectivity index (χ2n) is 6.43. The number of aryl methyl sites for hydroxylation is 1. The van der Waals surface area contributed by atoms with E-state index in [1.54, 1.807) is 30.3 Å². The predicted molar refractivity (Wildman–Crippen MR) is 95.4 cm³/mol. The Morgan fingerprint density at radius 3 is 2.81 bits per heavy atom. The smallest absolute Gasteiger partial charge is 0.387 e. The van der Waals surface area contributed by atoms with Crippen LogP contribution in [0, 0.1) is 5.82 Å². The number of halogens is 3. The molecular formula is C20H21F3N2O2. The normalized spacial score (nSPS) is 15.9. The van der Waals surface area contributed by atoms with Gasteiger partial charge in [0.05, 0.1) is 6.04 Å². The minimum absolute atomic E-state index is 0.124. The zero-order chi connectivity index (χ0) is 19.2. The van der Waals surface area contributed by atoms with E-state index in [9.17, 15) is 18.0 Å². The van der Waals surface area contributed by atoms with Gasteiger partial charge in [-0.05, 0) is 60.6 Å². The number of rotatable bonds is 6. The van der Waals surface area contributed by atoms with E-state index in [1.165, 1.54) is 12.1 Å². The highest BCUT2D eigenvalue weighted by Gasteiger charge is 2.22. The molecule has 1 aliphatic rings. The summed E-state index contributed by atoms with van der Waals surface area (Å²) in [5.41, 5.74) is 2.36. The zero-order valence-electron chi connectivity index (χ0n) is 14.7. The first kappa shape index (κ1) is 19.1. The number of carbonyl (C=O) groups excluding carboxylic acids is 1. The maximum atomic E-state index is 13.6. The Morgan fingerprint density at radius 1 is 1.22 bits per heavy atom. The second-order valence-corrected chi connectivity index (χ2v) is 6.43. The topological polar surface area (TPSA) is 50.4 Å². The number of ether oxygens (including phenoxy) is 1. The van der Waals surface area contributed by atoms with Crippen LogP contribution in [0.25, 0.3) is 0 Å². The van der Waals surface area contributed by atoms with Crippen molar-refractivity contribution >= 4 is 6.03 Å². The fourth-order valence-electron chi connectivity index (χ4n) is 3.34. The highest BCUT2D eigenvalue weighted by Crippen LogP contribution is 2.32. The molecular weight excluding hydrogens is 357 g/mol. The van der Waals surface area contributed by atoms with Gasteiger partial charge >= 0.3 is 12.6 Å². The number of alkyl halides is 2. The molecule has 1 unspecified atom stereocenters. The maximum Gasteiger partial charge on any atom is 0.387 e. The average Bonchev–Trinajstić information content (AvgIpc) is 2.63. The van der Waals surface area contributed by atoms with E-state index >= 15 is 0 Å². The molecule has 0 aliphatic heterocycles. The van der Waals surface area contributed by atoms with Crippen molar-refractivity contribution in [1.82, 2.24) is 10.6 Å². The van der Waals surface area contributed by atoms with Crippen LogP contribution in [0.1, 0.15) is 35.6 Å². The first-order chi connectivity index (χ1) is 13.0. The highest BCUT2D eigenvalue weighted by molar-refractivity contribution is 5.74. The molecule has 2 aromatic rings. The molecule has 0 saturated carbocycles. The van der Waals surface area contributed by atoms with Crippen LogP contribution in [0.5, 0.6) is 5.75 Å². The Morgan fingerprint density at radius 2 is 2.04 bits per heavy atom. The van der Waals surface area contributed by atoms with Crippen LogP contribution >= 0.6 is 0 Å². The van der Waals surface area contributed by atoms with E-state index in [4.69, 9.17) is 0 Å². The van der Waals surface area contributed by atoms with Gasteiger partial charge in [-0.3, -0.25) is 0 Å². The SMILES string of the molecule is O=C(NCCc1ccccc1F)NC1CCCc2cc(OC(F)F)ccc21. The van der Waals surface area contributed by atoms with Crippen molar-refractivity contribution in [2.45, 2.75) is 38.3 Å². The monoisotopic (exact) mass is 378 g/mol. The largest absolute Gasteiger partial charge is 0.435 e. The molecule has 7 heteroatoms. The van der Waals surface area contributed by atoms with Gasteiger partial charge in [0.1, 0.15) is 11.6 Å².